The highest BCUT2D eigenvalue weighted by molar-refractivity contribution is 8.00. The van der Waals surface area contributed by atoms with E-state index in [4.69, 9.17) is 0 Å². The zero-order valence-electron chi connectivity index (χ0n) is 13.6. The number of nitrogens with one attached hydrogen (secondary N) is 1. The molecule has 1 aromatic rings. The van der Waals surface area contributed by atoms with Crippen molar-refractivity contribution in [3.8, 4) is 0 Å². The molecule has 2 aliphatic rings. The number of rotatable bonds is 3. The molecule has 1 atom stereocenters. The van der Waals surface area contributed by atoms with E-state index in [-0.39, 0.29) is 35.0 Å². The number of halogens is 4. The summed E-state index contributed by atoms with van der Waals surface area (Å²) >= 11 is -0.165. The van der Waals surface area contributed by atoms with Gasteiger partial charge in [-0.1, -0.05) is 0 Å². The van der Waals surface area contributed by atoms with Crippen LogP contribution in [-0.2, 0) is 0 Å². The molecule has 140 valence electrons. The summed E-state index contributed by atoms with van der Waals surface area (Å²) < 4.78 is 37.0. The SMILES string of the molecule is Cl.O=C(c1ccc(SC(F)(F)F)cc1)N1CCC(N2CCNCC2)C1. The van der Waals surface area contributed by atoms with Gasteiger partial charge in [0.05, 0.1) is 0 Å². The molecule has 1 N–H and O–H groups in total. The Balaban J connectivity index is 0.00000225. The van der Waals surface area contributed by atoms with Gasteiger partial charge in [0.15, 0.2) is 0 Å². The van der Waals surface area contributed by atoms with Gasteiger partial charge in [-0.2, -0.15) is 13.2 Å². The van der Waals surface area contributed by atoms with Gasteiger partial charge in [0.2, 0.25) is 0 Å². The Kier molecular flexibility index (Phi) is 7.01. The molecule has 2 aliphatic heterocycles. The second kappa shape index (κ2) is 8.62. The molecule has 25 heavy (non-hydrogen) atoms. The van der Waals surface area contributed by atoms with E-state index >= 15 is 0 Å². The maximum absolute atomic E-state index is 12.5. The molecule has 4 nitrogen and oxygen atoms in total. The molecule has 1 aromatic carbocycles. The van der Waals surface area contributed by atoms with Crippen molar-refractivity contribution in [2.24, 2.45) is 0 Å². The van der Waals surface area contributed by atoms with Crippen molar-refractivity contribution in [3.05, 3.63) is 29.8 Å². The van der Waals surface area contributed by atoms with Crippen molar-refractivity contribution >= 4 is 30.1 Å². The summed E-state index contributed by atoms with van der Waals surface area (Å²) in [6.07, 6.45) is 0.952. The van der Waals surface area contributed by atoms with E-state index < -0.39 is 5.51 Å². The maximum atomic E-state index is 12.5. The van der Waals surface area contributed by atoms with Crippen molar-refractivity contribution in [1.29, 1.82) is 0 Å². The van der Waals surface area contributed by atoms with Crippen LogP contribution in [0.2, 0.25) is 0 Å². The highest BCUT2D eigenvalue weighted by Gasteiger charge is 2.32. The van der Waals surface area contributed by atoms with Gasteiger partial charge >= 0.3 is 5.51 Å². The Morgan fingerprint density at radius 3 is 2.36 bits per heavy atom. The fourth-order valence-electron chi connectivity index (χ4n) is 3.25. The highest BCUT2D eigenvalue weighted by atomic mass is 35.5. The zero-order chi connectivity index (χ0) is 17.2. The monoisotopic (exact) mass is 395 g/mol. The minimum absolute atomic E-state index is 0. The summed E-state index contributed by atoms with van der Waals surface area (Å²) in [5.74, 6) is -0.101. The van der Waals surface area contributed by atoms with Crippen LogP contribution in [0.25, 0.3) is 0 Å². The molecule has 0 radical (unpaired) electrons. The third kappa shape index (κ3) is 5.51. The first-order valence-corrected chi connectivity index (χ1v) is 8.84. The molecular formula is C16H21ClF3N3OS. The van der Waals surface area contributed by atoms with E-state index in [9.17, 15) is 18.0 Å². The molecule has 2 fully saturated rings. The summed E-state index contributed by atoms with van der Waals surface area (Å²) in [4.78, 5) is 16.8. The molecule has 2 saturated heterocycles. The van der Waals surface area contributed by atoms with E-state index in [0.29, 0.717) is 24.7 Å². The normalized spacial score (nSPS) is 21.9. The van der Waals surface area contributed by atoms with Crippen LogP contribution in [0.15, 0.2) is 29.2 Å². The fourth-order valence-corrected chi connectivity index (χ4v) is 3.79. The number of nitrogens with zero attached hydrogens (tertiary/aromatic N) is 2. The van der Waals surface area contributed by atoms with Crippen LogP contribution in [-0.4, -0.2) is 66.5 Å². The van der Waals surface area contributed by atoms with Gasteiger partial charge in [-0.05, 0) is 42.4 Å². The lowest BCUT2D eigenvalue weighted by molar-refractivity contribution is -0.0328. The van der Waals surface area contributed by atoms with Crippen LogP contribution >= 0.6 is 24.2 Å². The molecule has 9 heteroatoms. The van der Waals surface area contributed by atoms with Gasteiger partial charge < -0.3 is 10.2 Å². The van der Waals surface area contributed by atoms with Crippen molar-refractivity contribution in [1.82, 2.24) is 15.1 Å². The summed E-state index contributed by atoms with van der Waals surface area (Å²) in [6, 6.07) is 6.06. The molecule has 2 heterocycles. The number of alkyl halides is 3. The number of hydrogen-bond donors (Lipinski definition) is 1. The van der Waals surface area contributed by atoms with E-state index in [1.807, 2.05) is 0 Å². The average molecular weight is 396 g/mol. The van der Waals surface area contributed by atoms with Gasteiger partial charge in [-0.25, -0.2) is 0 Å². The first-order valence-electron chi connectivity index (χ1n) is 8.02. The predicted octanol–water partition coefficient (Wildman–Crippen LogP) is 2.84. The number of likely N-dealkylation sites (tertiary alicyclic amines) is 1. The quantitative estimate of drug-likeness (QED) is 0.798. The highest BCUT2D eigenvalue weighted by Crippen LogP contribution is 2.36. The minimum Gasteiger partial charge on any atom is -0.337 e. The van der Waals surface area contributed by atoms with Crippen LogP contribution < -0.4 is 5.32 Å². The second-order valence-electron chi connectivity index (χ2n) is 6.05. The first kappa shape index (κ1) is 20.4. The van der Waals surface area contributed by atoms with E-state index in [1.165, 1.54) is 24.3 Å². The Labute approximate surface area is 155 Å². The average Bonchev–Trinajstić information content (AvgIpc) is 3.04. The lowest BCUT2D eigenvalue weighted by Gasteiger charge is -2.32. The molecule has 3 rings (SSSR count). The summed E-state index contributed by atoms with van der Waals surface area (Å²) in [5.41, 5.74) is -3.86. The Bertz CT molecular complexity index is 579. The van der Waals surface area contributed by atoms with Crippen LogP contribution in [0, 0.1) is 0 Å². The van der Waals surface area contributed by atoms with Gasteiger partial charge in [0.25, 0.3) is 5.91 Å². The lowest BCUT2D eigenvalue weighted by atomic mass is 10.2. The molecule has 0 aliphatic carbocycles. The zero-order valence-corrected chi connectivity index (χ0v) is 15.2. The standard InChI is InChI=1S/C16H20F3N3OS.ClH/c17-16(18,19)24-14-3-1-12(2-4-14)15(23)22-8-5-13(11-22)21-9-6-20-7-10-21;/h1-4,13,20H,5-11H2;1H. The van der Waals surface area contributed by atoms with Crippen LogP contribution in [0.3, 0.4) is 0 Å². The maximum Gasteiger partial charge on any atom is 0.446 e. The molecule has 0 bridgehead atoms. The Hall–Kier alpha value is -0.960. The molecule has 0 saturated carbocycles. The number of benzene rings is 1. The molecule has 0 spiro atoms. The van der Waals surface area contributed by atoms with Gasteiger partial charge in [-0.15, -0.1) is 12.4 Å². The van der Waals surface area contributed by atoms with Gasteiger partial charge in [-0.3, -0.25) is 9.69 Å². The molecular weight excluding hydrogens is 375 g/mol. The van der Waals surface area contributed by atoms with E-state index in [0.717, 1.165) is 32.6 Å². The summed E-state index contributed by atoms with van der Waals surface area (Å²) in [6.45, 7) is 5.34. The second-order valence-corrected chi connectivity index (χ2v) is 7.19. The molecule has 1 unspecified atom stereocenters. The smallest absolute Gasteiger partial charge is 0.337 e. The van der Waals surface area contributed by atoms with Crippen LogP contribution in [0.5, 0.6) is 0 Å². The van der Waals surface area contributed by atoms with Crippen LogP contribution in [0.1, 0.15) is 16.8 Å². The Morgan fingerprint density at radius 2 is 1.76 bits per heavy atom. The number of carbonyl (C=O) groups excluding carboxylic acids is 1. The van der Waals surface area contributed by atoms with Crippen molar-refractivity contribution < 1.29 is 18.0 Å². The van der Waals surface area contributed by atoms with Crippen molar-refractivity contribution in [2.75, 3.05) is 39.3 Å². The number of hydrogen-bond acceptors (Lipinski definition) is 4. The Morgan fingerprint density at radius 1 is 1.12 bits per heavy atom. The van der Waals surface area contributed by atoms with E-state index in [2.05, 4.69) is 10.2 Å². The number of carbonyl (C=O) groups is 1. The largest absolute Gasteiger partial charge is 0.446 e. The number of piperazine rings is 1. The summed E-state index contributed by atoms with van der Waals surface area (Å²) in [5, 5.41) is 3.32. The lowest BCUT2D eigenvalue weighted by Crippen LogP contribution is -2.49. The van der Waals surface area contributed by atoms with E-state index in [1.54, 1.807) is 4.90 Å². The summed E-state index contributed by atoms with van der Waals surface area (Å²) in [7, 11) is 0. The van der Waals surface area contributed by atoms with Crippen molar-refractivity contribution in [2.45, 2.75) is 22.9 Å². The first-order chi connectivity index (χ1) is 11.4. The number of thioether (sulfide) groups is 1. The topological polar surface area (TPSA) is 35.6 Å². The van der Waals surface area contributed by atoms with Crippen molar-refractivity contribution in [3.63, 3.8) is 0 Å². The third-order valence-electron chi connectivity index (χ3n) is 4.45. The third-order valence-corrected chi connectivity index (χ3v) is 5.19. The number of amides is 1. The van der Waals surface area contributed by atoms with Gasteiger partial charge in [0.1, 0.15) is 0 Å². The predicted molar refractivity (Wildman–Crippen MR) is 94.4 cm³/mol. The van der Waals surface area contributed by atoms with Gasteiger partial charge in [0, 0.05) is 55.8 Å². The van der Waals surface area contributed by atoms with Crippen LogP contribution in [0.4, 0.5) is 13.2 Å². The minimum atomic E-state index is -4.31. The fraction of sp³-hybridized carbons (Fsp3) is 0.562. The molecule has 1 amide bonds. The molecule has 0 aromatic heterocycles.